The highest BCUT2D eigenvalue weighted by Crippen LogP contribution is 2.24. The maximum Gasteiger partial charge on any atom is 0.336 e. The number of benzene rings is 2. The Morgan fingerprint density at radius 1 is 1.12 bits per heavy atom. The van der Waals surface area contributed by atoms with Gasteiger partial charge in [0.15, 0.2) is 5.82 Å². The lowest BCUT2D eigenvalue weighted by atomic mass is 10.1. The summed E-state index contributed by atoms with van der Waals surface area (Å²) in [5.41, 5.74) is 2.33. The van der Waals surface area contributed by atoms with Crippen LogP contribution in [0.25, 0.3) is 11.4 Å². The van der Waals surface area contributed by atoms with Crippen LogP contribution >= 0.6 is 15.9 Å². The normalized spacial score (nSPS) is 10.7. The summed E-state index contributed by atoms with van der Waals surface area (Å²) in [7, 11) is 1.59. The van der Waals surface area contributed by atoms with E-state index < -0.39 is 0 Å². The fourth-order valence-corrected chi connectivity index (χ4v) is 2.69. The SMILES string of the molecule is COCCOc1nc(-c2ccccc2C)n(C(=O)c2ccc(Br)cc2)n1. The Kier molecular flexibility index (Phi) is 5.80. The Balaban J connectivity index is 2.02. The second-order valence-corrected chi connectivity index (χ2v) is 6.51. The van der Waals surface area contributed by atoms with Crippen LogP contribution in [0.15, 0.2) is 53.0 Å². The van der Waals surface area contributed by atoms with Gasteiger partial charge in [-0.2, -0.15) is 9.67 Å². The molecular formula is C19H18BrN3O3. The number of hydrogen-bond acceptors (Lipinski definition) is 5. The molecule has 134 valence electrons. The zero-order chi connectivity index (χ0) is 18.5. The van der Waals surface area contributed by atoms with Crippen LogP contribution in [0.5, 0.6) is 6.01 Å². The summed E-state index contributed by atoms with van der Waals surface area (Å²) in [6.07, 6.45) is 0. The van der Waals surface area contributed by atoms with E-state index in [1.54, 1.807) is 19.2 Å². The quantitative estimate of drug-likeness (QED) is 0.573. The molecule has 7 heteroatoms. The molecule has 0 saturated heterocycles. The summed E-state index contributed by atoms with van der Waals surface area (Å²) in [6.45, 7) is 2.68. The molecule has 26 heavy (non-hydrogen) atoms. The van der Waals surface area contributed by atoms with E-state index in [9.17, 15) is 4.79 Å². The molecule has 0 spiro atoms. The molecule has 0 saturated carbocycles. The van der Waals surface area contributed by atoms with E-state index in [1.807, 2.05) is 43.3 Å². The number of aryl methyl sites for hydroxylation is 1. The van der Waals surface area contributed by atoms with E-state index in [-0.39, 0.29) is 11.9 Å². The minimum atomic E-state index is -0.273. The summed E-state index contributed by atoms with van der Waals surface area (Å²) in [6, 6.07) is 14.9. The second-order valence-electron chi connectivity index (χ2n) is 5.60. The van der Waals surface area contributed by atoms with Gasteiger partial charge in [0.05, 0.1) is 6.61 Å². The van der Waals surface area contributed by atoms with E-state index in [4.69, 9.17) is 9.47 Å². The molecule has 3 rings (SSSR count). The highest BCUT2D eigenvalue weighted by atomic mass is 79.9. The van der Waals surface area contributed by atoms with Gasteiger partial charge in [0, 0.05) is 22.7 Å². The molecule has 0 aliphatic rings. The molecular weight excluding hydrogens is 398 g/mol. The van der Waals surface area contributed by atoms with Crippen molar-refractivity contribution in [2.45, 2.75) is 6.92 Å². The number of rotatable bonds is 6. The van der Waals surface area contributed by atoms with Gasteiger partial charge >= 0.3 is 6.01 Å². The number of hydrogen-bond donors (Lipinski definition) is 0. The molecule has 1 heterocycles. The second kappa shape index (κ2) is 8.25. The molecule has 0 N–H and O–H groups in total. The Bertz CT molecular complexity index is 907. The van der Waals surface area contributed by atoms with Gasteiger partial charge in [0.1, 0.15) is 6.61 Å². The molecule has 6 nitrogen and oxygen atoms in total. The molecule has 0 atom stereocenters. The lowest BCUT2D eigenvalue weighted by Gasteiger charge is -2.07. The third kappa shape index (κ3) is 4.00. The van der Waals surface area contributed by atoms with Crippen LogP contribution in [0.4, 0.5) is 0 Å². The van der Waals surface area contributed by atoms with Gasteiger partial charge in [-0.25, -0.2) is 0 Å². The molecule has 2 aromatic carbocycles. The maximum absolute atomic E-state index is 13.0. The van der Waals surface area contributed by atoms with Gasteiger partial charge in [-0.15, -0.1) is 5.10 Å². The van der Waals surface area contributed by atoms with Crippen LogP contribution in [0.3, 0.4) is 0 Å². The topological polar surface area (TPSA) is 66.2 Å². The van der Waals surface area contributed by atoms with Crippen molar-refractivity contribution in [3.8, 4) is 17.4 Å². The first kappa shape index (κ1) is 18.3. The van der Waals surface area contributed by atoms with E-state index in [0.29, 0.717) is 24.6 Å². The molecule has 0 radical (unpaired) electrons. The number of halogens is 1. The van der Waals surface area contributed by atoms with Crippen molar-refractivity contribution < 1.29 is 14.3 Å². The molecule has 0 aliphatic heterocycles. The fraction of sp³-hybridized carbons (Fsp3) is 0.211. The minimum absolute atomic E-state index is 0.144. The molecule has 0 amide bonds. The largest absolute Gasteiger partial charge is 0.460 e. The van der Waals surface area contributed by atoms with Gasteiger partial charge in [0.25, 0.3) is 5.91 Å². The van der Waals surface area contributed by atoms with Crippen molar-refractivity contribution >= 4 is 21.8 Å². The Labute approximate surface area is 159 Å². The Hall–Kier alpha value is -2.51. The standard InChI is InChI=1S/C19H18BrN3O3/c1-13-5-3-4-6-16(13)17-21-19(26-12-11-25-2)22-23(17)18(24)14-7-9-15(20)10-8-14/h3-10H,11-12H2,1-2H3. The van der Waals surface area contributed by atoms with E-state index >= 15 is 0 Å². The number of carbonyl (C=O) groups excluding carboxylic acids is 1. The number of aromatic nitrogens is 3. The molecule has 1 aromatic heterocycles. The van der Waals surface area contributed by atoms with Crippen LogP contribution < -0.4 is 4.74 Å². The lowest BCUT2D eigenvalue weighted by Crippen LogP contribution is -2.15. The van der Waals surface area contributed by atoms with Crippen molar-refractivity contribution in [3.05, 3.63) is 64.1 Å². The number of carbonyl (C=O) groups is 1. The predicted molar refractivity (Wildman–Crippen MR) is 101 cm³/mol. The third-order valence-corrected chi connectivity index (χ3v) is 4.30. The molecule has 0 fully saturated rings. The van der Waals surface area contributed by atoms with E-state index in [2.05, 4.69) is 26.0 Å². The fourth-order valence-electron chi connectivity index (χ4n) is 2.43. The van der Waals surface area contributed by atoms with Gasteiger partial charge < -0.3 is 9.47 Å². The lowest BCUT2D eigenvalue weighted by molar-refractivity contribution is 0.0943. The Morgan fingerprint density at radius 3 is 2.54 bits per heavy atom. The van der Waals surface area contributed by atoms with Crippen molar-refractivity contribution in [2.75, 3.05) is 20.3 Å². The van der Waals surface area contributed by atoms with Crippen LogP contribution in [0.1, 0.15) is 15.9 Å². The van der Waals surface area contributed by atoms with Crippen LogP contribution in [-0.4, -0.2) is 41.0 Å². The maximum atomic E-state index is 13.0. The summed E-state index contributed by atoms with van der Waals surface area (Å²) >= 11 is 3.37. The number of methoxy groups -OCH3 is 1. The molecule has 0 aliphatic carbocycles. The third-order valence-electron chi connectivity index (χ3n) is 3.78. The zero-order valence-corrected chi connectivity index (χ0v) is 16.1. The van der Waals surface area contributed by atoms with E-state index in [0.717, 1.165) is 15.6 Å². The zero-order valence-electron chi connectivity index (χ0n) is 14.5. The van der Waals surface area contributed by atoms with Crippen LogP contribution in [-0.2, 0) is 4.74 Å². The van der Waals surface area contributed by atoms with Gasteiger partial charge in [-0.05, 0) is 36.8 Å². The molecule has 0 unspecified atom stereocenters. The molecule has 0 bridgehead atoms. The smallest absolute Gasteiger partial charge is 0.336 e. The first-order valence-corrected chi connectivity index (χ1v) is 8.84. The number of ether oxygens (including phenoxy) is 2. The summed E-state index contributed by atoms with van der Waals surface area (Å²) in [5, 5.41) is 4.26. The Morgan fingerprint density at radius 2 is 1.85 bits per heavy atom. The highest BCUT2D eigenvalue weighted by molar-refractivity contribution is 9.10. The average Bonchev–Trinajstić information content (AvgIpc) is 3.06. The molecule has 3 aromatic rings. The van der Waals surface area contributed by atoms with Crippen molar-refractivity contribution in [1.29, 1.82) is 0 Å². The summed E-state index contributed by atoms with van der Waals surface area (Å²) < 4.78 is 12.7. The van der Waals surface area contributed by atoms with Crippen molar-refractivity contribution in [1.82, 2.24) is 14.8 Å². The van der Waals surface area contributed by atoms with Gasteiger partial charge in [-0.1, -0.05) is 40.2 Å². The van der Waals surface area contributed by atoms with Crippen LogP contribution in [0, 0.1) is 6.92 Å². The van der Waals surface area contributed by atoms with Crippen LogP contribution in [0.2, 0.25) is 0 Å². The minimum Gasteiger partial charge on any atom is -0.460 e. The predicted octanol–water partition coefficient (Wildman–Crippen LogP) is 3.73. The first-order valence-electron chi connectivity index (χ1n) is 8.05. The summed E-state index contributed by atoms with van der Waals surface area (Å²) in [5.74, 6) is 0.174. The number of nitrogens with zero attached hydrogens (tertiary/aromatic N) is 3. The van der Waals surface area contributed by atoms with Crippen molar-refractivity contribution in [3.63, 3.8) is 0 Å². The summed E-state index contributed by atoms with van der Waals surface area (Å²) in [4.78, 5) is 17.4. The first-order chi connectivity index (χ1) is 12.6. The van der Waals surface area contributed by atoms with Gasteiger partial charge in [-0.3, -0.25) is 4.79 Å². The highest BCUT2D eigenvalue weighted by Gasteiger charge is 2.21. The van der Waals surface area contributed by atoms with Gasteiger partial charge in [0.2, 0.25) is 0 Å². The van der Waals surface area contributed by atoms with Crippen molar-refractivity contribution in [2.24, 2.45) is 0 Å². The average molecular weight is 416 g/mol. The van der Waals surface area contributed by atoms with E-state index in [1.165, 1.54) is 4.68 Å². The monoisotopic (exact) mass is 415 g/mol.